The van der Waals surface area contributed by atoms with Gasteiger partial charge in [0.15, 0.2) is 9.79 Å². The Morgan fingerprint density at radius 1 is 0.430 bits per heavy atom. The van der Waals surface area contributed by atoms with Crippen molar-refractivity contribution >= 4 is 36.9 Å². The number of halogens is 26. The van der Waals surface area contributed by atoms with Crippen molar-refractivity contribution in [2.45, 2.75) is 71.0 Å². The van der Waals surface area contributed by atoms with Gasteiger partial charge in [-0.05, 0) is 67.6 Å². The molecule has 3 aromatic carbocycles. The third-order valence-corrected chi connectivity index (χ3v) is 14.6. The number of terminal acetylenes is 4. The Morgan fingerprint density at radius 3 is 0.953 bits per heavy atom. The van der Waals surface area contributed by atoms with Gasteiger partial charge in [-0.2, -0.15) is 105 Å². The molecule has 0 radical (unpaired) electrons. The molecule has 4 aromatic rings. The van der Waals surface area contributed by atoms with Crippen molar-refractivity contribution in [3.05, 3.63) is 94.9 Å². The number of hydrogen-bond donors (Lipinski definition) is 0. The van der Waals surface area contributed by atoms with Gasteiger partial charge in [0, 0.05) is 23.2 Å². The minimum absolute atomic E-state index is 0. The standard InChI is InChI=1S/C23H17F2O3S.4C6H.4C2F6.Ga.4H2/c1-2-27-18-8-3-15-13-22(23(26)28-21(15)14-18)29(19-9-4-16(24)5-10-19)20-11-6-17(25)7-12-20;4*1-3-5-6-4-2;4*3-1(4,5)2(6,7)8;;;;;/h3-14H,2H2,1H3;4*1H;;;;;;4*1H/q+1;;;;;;;;;-1;;;;. The molecule has 0 atom stereocenters. The van der Waals surface area contributed by atoms with Gasteiger partial charge in [0.05, 0.1) is 6.61 Å². The summed E-state index contributed by atoms with van der Waals surface area (Å²) in [6, 6.07) is 19.0. The minimum Gasteiger partial charge on any atom is -0.494 e. The summed E-state index contributed by atoms with van der Waals surface area (Å²) >= 11 is -3.91. The third kappa shape index (κ3) is 30.7. The van der Waals surface area contributed by atoms with E-state index in [9.17, 15) is 119 Å². The molecule has 0 fully saturated rings. The summed E-state index contributed by atoms with van der Waals surface area (Å²) in [6.45, 7) is 2.38. The molecule has 0 aliphatic heterocycles. The van der Waals surface area contributed by atoms with Crippen molar-refractivity contribution in [2.24, 2.45) is 0 Å². The molecule has 0 aliphatic carbocycles. The van der Waals surface area contributed by atoms with Crippen LogP contribution in [0, 0.1) is 150 Å². The Morgan fingerprint density at radius 2 is 0.709 bits per heavy atom. The fourth-order valence-corrected chi connectivity index (χ4v) is 9.45. The number of benzene rings is 3. The predicted octanol–water partition coefficient (Wildman–Crippen LogP) is 15.1. The molecule has 0 aliphatic rings. The first-order valence-electron chi connectivity index (χ1n) is 20.9. The second-order valence-electron chi connectivity index (χ2n) is 13.7. The van der Waals surface area contributed by atoms with E-state index in [1.165, 1.54) is 24.3 Å². The quantitative estimate of drug-likeness (QED) is 0.0657. The van der Waals surface area contributed by atoms with Crippen molar-refractivity contribution in [3.8, 4) is 144 Å². The average molecular weight is 1330 g/mol. The van der Waals surface area contributed by atoms with Crippen LogP contribution in [-0.4, -0.2) is 71.0 Å². The molecular weight excluding hydrogens is 1300 g/mol. The molecular formula is C55H29F26GaO3S. The smallest absolute Gasteiger partial charge is 0.487 e. The maximum absolute atomic E-state index is 13.5. The van der Waals surface area contributed by atoms with Gasteiger partial charge in [-0.3, -0.25) is 0 Å². The van der Waals surface area contributed by atoms with Crippen LogP contribution in [0.4, 0.5) is 114 Å². The van der Waals surface area contributed by atoms with Crippen LogP contribution in [0.15, 0.2) is 96.7 Å². The van der Waals surface area contributed by atoms with Gasteiger partial charge in [0.1, 0.15) is 33.9 Å². The normalized spacial score (nSPS) is 10.6. The Hall–Kier alpha value is -9.44. The van der Waals surface area contributed by atoms with E-state index >= 15 is 0 Å². The molecule has 0 saturated heterocycles. The van der Waals surface area contributed by atoms with Crippen LogP contribution in [0.5, 0.6) is 5.75 Å². The van der Waals surface area contributed by atoms with Crippen molar-refractivity contribution < 1.29 is 129 Å². The van der Waals surface area contributed by atoms with Crippen LogP contribution in [0.1, 0.15) is 12.6 Å². The maximum Gasteiger partial charge on any atom is 0.487 e. The molecule has 4 rings (SSSR count). The predicted molar refractivity (Wildman–Crippen MR) is 269 cm³/mol. The van der Waals surface area contributed by atoms with Crippen LogP contribution in [0.25, 0.3) is 11.0 Å². The number of hydrogen-bond acceptors (Lipinski definition) is 3. The largest absolute Gasteiger partial charge is 0.494 e. The summed E-state index contributed by atoms with van der Waals surface area (Å²) in [6.07, 6.45) is -28.3. The third-order valence-electron chi connectivity index (χ3n) is 7.53. The van der Waals surface area contributed by atoms with Crippen molar-refractivity contribution in [1.82, 2.24) is 0 Å². The van der Waals surface area contributed by atoms with E-state index in [4.69, 9.17) is 34.8 Å². The van der Waals surface area contributed by atoms with E-state index in [0.29, 0.717) is 22.8 Å². The van der Waals surface area contributed by atoms with Gasteiger partial charge in [0.25, 0.3) is 4.90 Å². The summed E-state index contributed by atoms with van der Waals surface area (Å²) in [5, 5.41) is 0.741. The van der Waals surface area contributed by atoms with E-state index in [2.05, 4.69) is 113 Å². The first kappa shape index (κ1) is 78.6. The molecule has 31 heteroatoms. The van der Waals surface area contributed by atoms with E-state index in [1.807, 2.05) is 19.1 Å². The van der Waals surface area contributed by atoms with Gasteiger partial charge in [-0.1, -0.05) is 0 Å². The van der Waals surface area contributed by atoms with Crippen LogP contribution in [0.2, 0.25) is 0 Å². The average Bonchev–Trinajstić information content (AvgIpc) is 3.31. The zero-order valence-electron chi connectivity index (χ0n) is 41.5. The van der Waals surface area contributed by atoms with Crippen LogP contribution >= 0.6 is 0 Å². The minimum atomic E-state index is -6.06. The molecule has 0 N–H and O–H groups in total. The van der Waals surface area contributed by atoms with E-state index < -0.39 is 81.0 Å². The van der Waals surface area contributed by atoms with Gasteiger partial charge in [-0.15, -0.1) is 0 Å². The number of fused-ring (bicyclic) bond motifs is 1. The van der Waals surface area contributed by atoms with Gasteiger partial charge in [0.2, 0.25) is 0 Å². The summed E-state index contributed by atoms with van der Waals surface area (Å²) in [5.41, 5.74) is -0.0744. The number of ether oxygens (including phenoxy) is 1. The fraction of sp³-hybridized carbons (Fsp3) is 0.182. The van der Waals surface area contributed by atoms with Gasteiger partial charge >= 0.3 is 208 Å². The van der Waals surface area contributed by atoms with Crippen LogP contribution < -0.4 is 10.4 Å². The van der Waals surface area contributed by atoms with Crippen molar-refractivity contribution in [1.29, 1.82) is 0 Å². The Kier molecular flexibility index (Phi) is 32.0. The zero-order chi connectivity index (χ0) is 67.0. The van der Waals surface area contributed by atoms with E-state index in [-0.39, 0.29) is 17.3 Å². The molecule has 458 valence electrons. The van der Waals surface area contributed by atoms with E-state index in [1.54, 1.807) is 36.4 Å². The van der Waals surface area contributed by atoms with Crippen molar-refractivity contribution in [2.75, 3.05) is 6.61 Å². The molecule has 1 heterocycles. The monoisotopic (exact) mass is 1330 g/mol. The Labute approximate surface area is 481 Å². The topological polar surface area (TPSA) is 39.4 Å². The van der Waals surface area contributed by atoms with Crippen molar-refractivity contribution in [3.63, 3.8) is 0 Å². The van der Waals surface area contributed by atoms with Gasteiger partial charge < -0.3 is 9.15 Å². The summed E-state index contributed by atoms with van der Waals surface area (Å²) in [7, 11) is -0.878. The molecule has 0 amide bonds. The number of rotatable bonds is 5. The molecule has 0 unspecified atom stereocenters. The number of alkyl halides is 24. The fourth-order valence-electron chi connectivity index (χ4n) is 4.07. The Balaban J connectivity index is -0.000000259. The summed E-state index contributed by atoms with van der Waals surface area (Å²) in [4.78, 5) is 14.8. The second kappa shape index (κ2) is 35.0. The van der Waals surface area contributed by atoms with Gasteiger partial charge in [-0.25, -0.2) is 13.6 Å². The SMILES string of the molecule is C#CC#CC#[C][Ga-]([C]#CC#CC#C)([C]#CC#CC#C)[C]#CC#CC#C.CCOc1ccc2cc([S+](c3ccc(F)cc3)c3ccc(F)cc3)c(=O)oc2c1.FC(F)(F)C(F)(F)F.FC(F)(F)C(F)(F)F.FC(F)(F)C(F)(F)F.FC(F)(F)C(F)(F)F.[HH].[HH].[HH].[HH]. The summed E-state index contributed by atoms with van der Waals surface area (Å²) < 4.78 is 300. The first-order chi connectivity index (χ1) is 39.3. The first-order valence-corrected chi connectivity index (χ1v) is 26.9. The Bertz CT molecular complexity index is 3320. The molecule has 1 aromatic heterocycles. The molecule has 0 spiro atoms. The van der Waals surface area contributed by atoms with Crippen LogP contribution in [-0.2, 0) is 10.9 Å². The molecule has 0 bridgehead atoms. The zero-order valence-corrected chi connectivity index (χ0v) is 44.7. The summed E-state index contributed by atoms with van der Waals surface area (Å²) in [5.74, 6) is 38.4. The molecule has 3 nitrogen and oxygen atoms in total. The second-order valence-corrected chi connectivity index (χ2v) is 21.8. The maximum atomic E-state index is 13.5. The molecule has 86 heavy (non-hydrogen) atoms. The van der Waals surface area contributed by atoms with E-state index in [0.717, 1.165) is 15.2 Å². The van der Waals surface area contributed by atoms with Crippen LogP contribution in [0.3, 0.4) is 0 Å². The molecule has 0 saturated carbocycles.